The van der Waals surface area contributed by atoms with E-state index in [0.29, 0.717) is 17.5 Å². The monoisotopic (exact) mass is 250 g/mol. The Morgan fingerprint density at radius 2 is 1.94 bits per heavy atom. The number of halogens is 1. The highest BCUT2D eigenvalue weighted by Gasteiger charge is 2.38. The zero-order valence-corrected chi connectivity index (χ0v) is 10.0. The lowest BCUT2D eigenvalue weighted by Gasteiger charge is -2.19. The van der Waals surface area contributed by atoms with Gasteiger partial charge in [0.15, 0.2) is 0 Å². The maximum Gasteiger partial charge on any atom is 0.327 e. The van der Waals surface area contributed by atoms with Crippen molar-refractivity contribution in [3.05, 3.63) is 34.1 Å². The predicted octanol–water partition coefficient (Wildman–Crippen LogP) is 2.97. The van der Waals surface area contributed by atoms with E-state index in [2.05, 4.69) is 0 Å². The Morgan fingerprint density at radius 3 is 2.56 bits per heavy atom. The Labute approximate surface area is 105 Å². The maximum atomic E-state index is 13.6. The summed E-state index contributed by atoms with van der Waals surface area (Å²) >= 11 is 0. The average Bonchev–Trinajstić information content (AvgIpc) is 2.87. The summed E-state index contributed by atoms with van der Waals surface area (Å²) in [4.78, 5) is 12.4. The van der Waals surface area contributed by atoms with E-state index in [9.17, 15) is 14.5 Å². The molecule has 1 aliphatic heterocycles. The fourth-order valence-corrected chi connectivity index (χ4v) is 3.37. The molecule has 3 rings (SSSR count). The van der Waals surface area contributed by atoms with Gasteiger partial charge < -0.3 is 4.90 Å². The molecule has 0 spiro atoms. The number of benzene rings is 1. The molecule has 0 N–H and O–H groups in total. The van der Waals surface area contributed by atoms with Crippen LogP contribution in [0, 0.1) is 27.8 Å². The Kier molecular flexibility index (Phi) is 2.69. The van der Waals surface area contributed by atoms with E-state index in [1.807, 2.05) is 4.90 Å². The highest BCUT2D eigenvalue weighted by molar-refractivity contribution is 5.64. The zero-order valence-electron chi connectivity index (χ0n) is 10.0. The number of nitro benzene ring substituents is 1. The van der Waals surface area contributed by atoms with Gasteiger partial charge >= 0.3 is 5.69 Å². The lowest BCUT2D eigenvalue weighted by molar-refractivity contribution is -0.386. The molecule has 1 saturated carbocycles. The minimum atomic E-state index is -0.741. The van der Waals surface area contributed by atoms with E-state index in [1.165, 1.54) is 19.3 Å². The summed E-state index contributed by atoms with van der Waals surface area (Å²) in [6, 6.07) is 4.35. The Bertz CT molecular complexity index is 480. The lowest BCUT2D eigenvalue weighted by atomic mass is 10.0. The van der Waals surface area contributed by atoms with Crippen molar-refractivity contribution in [1.29, 1.82) is 0 Å². The molecule has 0 amide bonds. The number of hydrogen-bond donors (Lipinski definition) is 0. The van der Waals surface area contributed by atoms with Crippen LogP contribution in [0.5, 0.6) is 0 Å². The van der Waals surface area contributed by atoms with Crippen LogP contribution in [-0.4, -0.2) is 18.0 Å². The van der Waals surface area contributed by atoms with Crippen LogP contribution in [0.3, 0.4) is 0 Å². The number of nitrogens with zero attached hydrogens (tertiary/aromatic N) is 2. The molecule has 2 unspecified atom stereocenters. The van der Waals surface area contributed by atoms with E-state index in [0.717, 1.165) is 19.2 Å². The SMILES string of the molecule is O=[N+]([O-])c1c(F)cccc1N1CC2CCCC2C1. The molecule has 1 aromatic carbocycles. The quantitative estimate of drug-likeness (QED) is 0.598. The molecule has 2 aliphatic rings. The standard InChI is InChI=1S/C13H15FN2O2/c14-11-5-2-6-12(13(11)16(17)18)15-7-9-3-1-4-10(9)8-15/h2,5-6,9-10H,1,3-4,7-8H2. The van der Waals surface area contributed by atoms with Gasteiger partial charge in [0.1, 0.15) is 5.69 Å². The molecule has 0 bridgehead atoms. The minimum absolute atomic E-state index is 0.377. The van der Waals surface area contributed by atoms with Crippen molar-refractivity contribution in [2.45, 2.75) is 19.3 Å². The minimum Gasteiger partial charge on any atom is -0.365 e. The van der Waals surface area contributed by atoms with Crippen molar-refractivity contribution in [1.82, 2.24) is 0 Å². The van der Waals surface area contributed by atoms with Crippen LogP contribution in [0.25, 0.3) is 0 Å². The highest BCUT2D eigenvalue weighted by Crippen LogP contribution is 2.42. The molecule has 1 aliphatic carbocycles. The van der Waals surface area contributed by atoms with Gasteiger partial charge in [-0.05, 0) is 36.8 Å². The third-order valence-corrected chi connectivity index (χ3v) is 4.22. The smallest absolute Gasteiger partial charge is 0.327 e. The van der Waals surface area contributed by atoms with Crippen LogP contribution >= 0.6 is 0 Å². The summed E-state index contributed by atoms with van der Waals surface area (Å²) in [5, 5.41) is 11.0. The molecule has 18 heavy (non-hydrogen) atoms. The number of hydrogen-bond acceptors (Lipinski definition) is 3. The third kappa shape index (κ3) is 1.74. The molecule has 5 heteroatoms. The van der Waals surface area contributed by atoms with E-state index in [1.54, 1.807) is 12.1 Å². The fraction of sp³-hybridized carbons (Fsp3) is 0.538. The van der Waals surface area contributed by atoms with Gasteiger partial charge in [0.25, 0.3) is 0 Å². The van der Waals surface area contributed by atoms with Crippen molar-refractivity contribution in [2.75, 3.05) is 18.0 Å². The second kappa shape index (κ2) is 4.23. The van der Waals surface area contributed by atoms with Crippen molar-refractivity contribution in [2.24, 2.45) is 11.8 Å². The summed E-state index contributed by atoms with van der Waals surface area (Å²) in [7, 11) is 0. The van der Waals surface area contributed by atoms with Gasteiger partial charge in [-0.3, -0.25) is 10.1 Å². The Hall–Kier alpha value is -1.65. The van der Waals surface area contributed by atoms with Crippen LogP contribution in [0.2, 0.25) is 0 Å². The second-order valence-corrected chi connectivity index (χ2v) is 5.22. The van der Waals surface area contributed by atoms with E-state index in [4.69, 9.17) is 0 Å². The first-order valence-electron chi connectivity index (χ1n) is 6.34. The van der Waals surface area contributed by atoms with Crippen LogP contribution in [0.4, 0.5) is 15.8 Å². The summed E-state index contributed by atoms with van der Waals surface area (Å²) in [5.74, 6) is 0.523. The van der Waals surface area contributed by atoms with Crippen molar-refractivity contribution >= 4 is 11.4 Å². The normalized spacial score (nSPS) is 26.4. The van der Waals surface area contributed by atoms with Gasteiger partial charge in [-0.15, -0.1) is 0 Å². The van der Waals surface area contributed by atoms with Gasteiger partial charge in [-0.25, -0.2) is 0 Å². The molecule has 1 saturated heterocycles. The van der Waals surface area contributed by atoms with Crippen molar-refractivity contribution in [3.63, 3.8) is 0 Å². The Morgan fingerprint density at radius 1 is 1.28 bits per heavy atom. The number of nitro groups is 1. The number of fused-ring (bicyclic) bond motifs is 1. The summed E-state index contributed by atoms with van der Waals surface area (Å²) in [6.07, 6.45) is 3.66. The van der Waals surface area contributed by atoms with Crippen molar-refractivity contribution in [3.8, 4) is 0 Å². The fourth-order valence-electron chi connectivity index (χ4n) is 3.37. The van der Waals surface area contributed by atoms with E-state index < -0.39 is 10.7 Å². The largest absolute Gasteiger partial charge is 0.365 e. The van der Waals surface area contributed by atoms with Crippen LogP contribution < -0.4 is 4.90 Å². The average molecular weight is 250 g/mol. The van der Waals surface area contributed by atoms with Crippen LogP contribution in [-0.2, 0) is 0 Å². The third-order valence-electron chi connectivity index (χ3n) is 4.22. The summed E-state index contributed by atoms with van der Waals surface area (Å²) in [5.41, 5.74) is 0.0619. The Balaban J connectivity index is 1.93. The van der Waals surface area contributed by atoms with E-state index in [-0.39, 0.29) is 5.69 Å². The zero-order chi connectivity index (χ0) is 12.7. The van der Waals surface area contributed by atoms with Gasteiger partial charge in [0.05, 0.1) is 4.92 Å². The first-order chi connectivity index (χ1) is 8.66. The molecule has 4 nitrogen and oxygen atoms in total. The van der Waals surface area contributed by atoms with Crippen LogP contribution in [0.15, 0.2) is 18.2 Å². The van der Waals surface area contributed by atoms with Gasteiger partial charge in [0.2, 0.25) is 5.82 Å². The summed E-state index contributed by atoms with van der Waals surface area (Å²) < 4.78 is 13.6. The van der Waals surface area contributed by atoms with Gasteiger partial charge in [-0.2, -0.15) is 4.39 Å². The molecular weight excluding hydrogens is 235 g/mol. The molecule has 2 atom stereocenters. The number of rotatable bonds is 2. The van der Waals surface area contributed by atoms with E-state index >= 15 is 0 Å². The molecule has 1 heterocycles. The first-order valence-corrected chi connectivity index (χ1v) is 6.34. The number of anilines is 1. The molecular formula is C13H15FN2O2. The van der Waals surface area contributed by atoms with Crippen molar-refractivity contribution < 1.29 is 9.31 Å². The topological polar surface area (TPSA) is 46.4 Å². The first kappa shape index (κ1) is 11.4. The summed E-state index contributed by atoms with van der Waals surface area (Å²) in [6.45, 7) is 1.66. The molecule has 0 aromatic heterocycles. The molecule has 96 valence electrons. The second-order valence-electron chi connectivity index (χ2n) is 5.22. The number of para-hydroxylation sites is 1. The molecule has 2 fully saturated rings. The highest BCUT2D eigenvalue weighted by atomic mass is 19.1. The molecule has 1 aromatic rings. The van der Waals surface area contributed by atoms with Crippen LogP contribution in [0.1, 0.15) is 19.3 Å². The lowest BCUT2D eigenvalue weighted by Crippen LogP contribution is -2.22. The molecule has 0 radical (unpaired) electrons. The van der Waals surface area contributed by atoms with Gasteiger partial charge in [0, 0.05) is 13.1 Å². The maximum absolute atomic E-state index is 13.6. The predicted molar refractivity (Wildman–Crippen MR) is 66.1 cm³/mol. The van der Waals surface area contributed by atoms with Gasteiger partial charge in [-0.1, -0.05) is 12.5 Å².